The summed E-state index contributed by atoms with van der Waals surface area (Å²) in [5.74, 6) is 1.09. The molecule has 0 bridgehead atoms. The van der Waals surface area contributed by atoms with Gasteiger partial charge in [-0.25, -0.2) is 4.39 Å². The maximum Gasteiger partial charge on any atom is 0.132 e. The van der Waals surface area contributed by atoms with Gasteiger partial charge in [-0.3, -0.25) is 0 Å². The Hall–Kier alpha value is -1.58. The Bertz CT molecular complexity index is 598. The van der Waals surface area contributed by atoms with Gasteiger partial charge in [0.25, 0.3) is 0 Å². The van der Waals surface area contributed by atoms with Crippen LogP contribution in [0.1, 0.15) is 24.1 Å². The summed E-state index contributed by atoms with van der Waals surface area (Å²) in [6.07, 6.45) is 0. The maximum atomic E-state index is 13.7. The molecule has 2 aromatic rings. The minimum Gasteiger partial charge on any atom is -0.457 e. The first-order valence-electron chi connectivity index (χ1n) is 6.42. The first kappa shape index (κ1) is 14.8. The molecule has 0 radical (unpaired) electrons. The molecule has 4 heteroatoms. The topological polar surface area (TPSA) is 21.3 Å². The summed E-state index contributed by atoms with van der Waals surface area (Å²) in [4.78, 5) is 0. The molecule has 0 spiro atoms. The summed E-state index contributed by atoms with van der Waals surface area (Å²) >= 11 is 5.85. The molecule has 0 aliphatic rings. The Balaban J connectivity index is 2.38. The lowest BCUT2D eigenvalue weighted by Crippen LogP contribution is -2.13. The smallest absolute Gasteiger partial charge is 0.132 e. The lowest BCUT2D eigenvalue weighted by atomic mass is 10.0. The molecule has 2 nitrogen and oxygen atoms in total. The van der Waals surface area contributed by atoms with Crippen molar-refractivity contribution in [2.24, 2.45) is 0 Å². The molecule has 2 rings (SSSR count). The van der Waals surface area contributed by atoms with Crippen LogP contribution in [0.25, 0.3) is 0 Å². The van der Waals surface area contributed by atoms with E-state index >= 15 is 0 Å². The highest BCUT2D eigenvalue weighted by molar-refractivity contribution is 6.30. The fourth-order valence-electron chi connectivity index (χ4n) is 1.88. The van der Waals surface area contributed by atoms with Gasteiger partial charge in [-0.2, -0.15) is 0 Å². The lowest BCUT2D eigenvalue weighted by Gasteiger charge is -2.17. The summed E-state index contributed by atoms with van der Waals surface area (Å²) in [6.45, 7) is 3.68. The SMILES string of the molecule is CNC(C)c1cc(F)c(C)cc1Oc1ccc(Cl)cc1. The van der Waals surface area contributed by atoms with Crippen molar-refractivity contribution in [3.8, 4) is 11.5 Å². The zero-order valence-corrected chi connectivity index (χ0v) is 12.5. The number of aryl methyl sites for hydroxylation is 1. The number of hydrogen-bond acceptors (Lipinski definition) is 2. The molecule has 0 aliphatic carbocycles. The maximum absolute atomic E-state index is 13.7. The molecular formula is C16H17ClFNO. The minimum atomic E-state index is -0.231. The van der Waals surface area contributed by atoms with Crippen molar-refractivity contribution in [3.63, 3.8) is 0 Å². The zero-order chi connectivity index (χ0) is 14.7. The predicted molar refractivity (Wildman–Crippen MR) is 80.1 cm³/mol. The first-order chi connectivity index (χ1) is 9.51. The highest BCUT2D eigenvalue weighted by Crippen LogP contribution is 2.32. The van der Waals surface area contributed by atoms with Gasteiger partial charge in [0.05, 0.1) is 0 Å². The van der Waals surface area contributed by atoms with Gasteiger partial charge < -0.3 is 10.1 Å². The zero-order valence-electron chi connectivity index (χ0n) is 11.7. The van der Waals surface area contributed by atoms with Crippen LogP contribution in [0.15, 0.2) is 36.4 Å². The number of hydrogen-bond donors (Lipinski definition) is 1. The van der Waals surface area contributed by atoms with Crippen molar-refractivity contribution >= 4 is 11.6 Å². The van der Waals surface area contributed by atoms with Gasteiger partial charge >= 0.3 is 0 Å². The van der Waals surface area contributed by atoms with Crippen molar-refractivity contribution < 1.29 is 9.13 Å². The van der Waals surface area contributed by atoms with E-state index in [1.54, 1.807) is 37.3 Å². The van der Waals surface area contributed by atoms with Gasteiger partial charge in [-0.1, -0.05) is 11.6 Å². The van der Waals surface area contributed by atoms with Crippen LogP contribution < -0.4 is 10.1 Å². The summed E-state index contributed by atoms with van der Waals surface area (Å²) in [7, 11) is 1.83. The first-order valence-corrected chi connectivity index (χ1v) is 6.79. The predicted octanol–water partition coefficient (Wildman–Crippen LogP) is 4.86. The average molecular weight is 294 g/mol. The van der Waals surface area contributed by atoms with Gasteiger partial charge in [0, 0.05) is 16.6 Å². The van der Waals surface area contributed by atoms with E-state index < -0.39 is 0 Å². The van der Waals surface area contributed by atoms with Crippen molar-refractivity contribution in [3.05, 3.63) is 58.4 Å². The van der Waals surface area contributed by atoms with E-state index in [4.69, 9.17) is 16.3 Å². The quantitative estimate of drug-likeness (QED) is 0.869. The molecule has 0 saturated heterocycles. The van der Waals surface area contributed by atoms with Gasteiger partial charge in [-0.05, 0) is 62.9 Å². The van der Waals surface area contributed by atoms with Crippen molar-refractivity contribution in [1.29, 1.82) is 0 Å². The Morgan fingerprint density at radius 2 is 1.85 bits per heavy atom. The van der Waals surface area contributed by atoms with Crippen LogP contribution in [-0.2, 0) is 0 Å². The van der Waals surface area contributed by atoms with E-state index in [1.807, 2.05) is 14.0 Å². The molecular weight excluding hydrogens is 277 g/mol. The van der Waals surface area contributed by atoms with Gasteiger partial charge in [0.2, 0.25) is 0 Å². The Morgan fingerprint density at radius 1 is 1.20 bits per heavy atom. The molecule has 2 aromatic carbocycles. The van der Waals surface area contributed by atoms with Gasteiger partial charge in [-0.15, -0.1) is 0 Å². The summed E-state index contributed by atoms with van der Waals surface area (Å²) in [5.41, 5.74) is 1.34. The standard InChI is InChI=1S/C16H17ClFNO/c1-10-8-16(14(9-15(10)18)11(2)19-3)20-13-6-4-12(17)5-7-13/h4-9,11,19H,1-3H3. The third-order valence-electron chi connectivity index (χ3n) is 3.23. The van der Waals surface area contributed by atoms with Gasteiger partial charge in [0.1, 0.15) is 17.3 Å². The van der Waals surface area contributed by atoms with E-state index in [0.29, 0.717) is 22.1 Å². The molecule has 1 N–H and O–H groups in total. The normalized spacial score (nSPS) is 12.2. The number of halogens is 2. The monoisotopic (exact) mass is 293 g/mol. The molecule has 20 heavy (non-hydrogen) atoms. The van der Waals surface area contributed by atoms with E-state index in [0.717, 1.165) is 5.56 Å². The molecule has 0 amide bonds. The van der Waals surface area contributed by atoms with E-state index in [9.17, 15) is 4.39 Å². The van der Waals surface area contributed by atoms with Crippen LogP contribution in [-0.4, -0.2) is 7.05 Å². The number of ether oxygens (including phenoxy) is 1. The Morgan fingerprint density at radius 3 is 2.45 bits per heavy atom. The second-order valence-corrected chi connectivity index (χ2v) is 5.14. The number of nitrogens with one attached hydrogen (secondary N) is 1. The molecule has 0 aliphatic heterocycles. The van der Waals surface area contributed by atoms with Crippen LogP contribution in [0.4, 0.5) is 4.39 Å². The number of rotatable bonds is 4. The second kappa shape index (κ2) is 6.25. The van der Waals surface area contributed by atoms with Crippen LogP contribution in [0, 0.1) is 12.7 Å². The lowest BCUT2D eigenvalue weighted by molar-refractivity contribution is 0.462. The molecule has 0 saturated carbocycles. The molecule has 0 aromatic heterocycles. The third kappa shape index (κ3) is 3.30. The van der Waals surface area contributed by atoms with Crippen LogP contribution in [0.5, 0.6) is 11.5 Å². The van der Waals surface area contributed by atoms with Crippen molar-refractivity contribution in [2.75, 3.05) is 7.05 Å². The minimum absolute atomic E-state index is 0.00704. The largest absolute Gasteiger partial charge is 0.457 e. The van der Waals surface area contributed by atoms with E-state index in [2.05, 4.69) is 5.32 Å². The molecule has 1 atom stereocenters. The molecule has 0 fully saturated rings. The molecule has 1 unspecified atom stereocenters. The summed E-state index contributed by atoms with van der Waals surface area (Å²) < 4.78 is 19.6. The highest BCUT2D eigenvalue weighted by Gasteiger charge is 2.14. The third-order valence-corrected chi connectivity index (χ3v) is 3.48. The Labute approximate surface area is 123 Å². The summed E-state index contributed by atoms with van der Waals surface area (Å²) in [5, 5.41) is 3.74. The summed E-state index contributed by atoms with van der Waals surface area (Å²) in [6, 6.07) is 10.3. The highest BCUT2D eigenvalue weighted by atomic mass is 35.5. The van der Waals surface area contributed by atoms with Gasteiger partial charge in [0.15, 0.2) is 0 Å². The molecule has 0 heterocycles. The van der Waals surface area contributed by atoms with Crippen molar-refractivity contribution in [2.45, 2.75) is 19.9 Å². The average Bonchev–Trinajstić information content (AvgIpc) is 2.44. The van der Waals surface area contributed by atoms with Crippen LogP contribution >= 0.6 is 11.6 Å². The number of benzene rings is 2. The fourth-order valence-corrected chi connectivity index (χ4v) is 2.01. The van der Waals surface area contributed by atoms with E-state index in [-0.39, 0.29) is 11.9 Å². The second-order valence-electron chi connectivity index (χ2n) is 4.71. The van der Waals surface area contributed by atoms with Crippen LogP contribution in [0.3, 0.4) is 0 Å². The van der Waals surface area contributed by atoms with E-state index in [1.165, 1.54) is 6.07 Å². The van der Waals surface area contributed by atoms with Crippen molar-refractivity contribution in [1.82, 2.24) is 5.32 Å². The Kier molecular flexibility index (Phi) is 4.63. The fraction of sp³-hybridized carbons (Fsp3) is 0.250. The molecule has 106 valence electrons. The van der Waals surface area contributed by atoms with Crippen LogP contribution in [0.2, 0.25) is 5.02 Å².